The average Bonchev–Trinajstić information content (AvgIpc) is 2.68. The Balaban J connectivity index is 2.00. The monoisotopic (exact) mass is 210 g/mol. The van der Waals surface area contributed by atoms with Gasteiger partial charge in [0.05, 0.1) is 5.54 Å². The molecule has 1 aliphatic heterocycles. The predicted octanol–water partition coefficient (Wildman–Crippen LogP) is 2.08. The summed E-state index contributed by atoms with van der Waals surface area (Å²) in [5.74, 6) is 0.987. The Morgan fingerprint density at radius 2 is 1.87 bits per heavy atom. The van der Waals surface area contributed by atoms with E-state index in [2.05, 4.69) is 26.2 Å². The molecule has 0 bridgehead atoms. The zero-order chi connectivity index (χ0) is 11.1. The molecule has 15 heavy (non-hydrogen) atoms. The van der Waals surface area contributed by atoms with Gasteiger partial charge in [0, 0.05) is 12.5 Å². The molecule has 1 unspecified atom stereocenters. The summed E-state index contributed by atoms with van der Waals surface area (Å²) >= 11 is 0. The van der Waals surface area contributed by atoms with Crippen LogP contribution >= 0.6 is 0 Å². The SMILES string of the molecule is CC(C)(C)N1NC(C2CCCC2)CC1=O. The van der Waals surface area contributed by atoms with Crippen LogP contribution in [0.5, 0.6) is 0 Å². The number of carbonyl (C=O) groups is 1. The molecule has 1 N–H and O–H groups in total. The molecule has 2 fully saturated rings. The van der Waals surface area contributed by atoms with E-state index in [1.807, 2.05) is 5.01 Å². The van der Waals surface area contributed by atoms with Crippen molar-refractivity contribution in [3.63, 3.8) is 0 Å². The Hall–Kier alpha value is -0.570. The van der Waals surface area contributed by atoms with Crippen molar-refractivity contribution in [2.45, 2.75) is 64.5 Å². The van der Waals surface area contributed by atoms with Crippen LogP contribution < -0.4 is 5.43 Å². The first-order valence-electron chi connectivity index (χ1n) is 6.08. The fourth-order valence-electron chi connectivity index (χ4n) is 2.76. The highest BCUT2D eigenvalue weighted by atomic mass is 16.2. The smallest absolute Gasteiger partial charge is 0.238 e. The van der Waals surface area contributed by atoms with Crippen LogP contribution in [0.4, 0.5) is 0 Å². The van der Waals surface area contributed by atoms with Crippen molar-refractivity contribution in [2.75, 3.05) is 0 Å². The largest absolute Gasteiger partial charge is 0.273 e. The summed E-state index contributed by atoms with van der Waals surface area (Å²) in [7, 11) is 0. The highest BCUT2D eigenvalue weighted by Gasteiger charge is 2.39. The van der Waals surface area contributed by atoms with Crippen LogP contribution in [0.15, 0.2) is 0 Å². The van der Waals surface area contributed by atoms with Crippen molar-refractivity contribution >= 4 is 5.91 Å². The van der Waals surface area contributed by atoms with Gasteiger partial charge in [-0.3, -0.25) is 9.80 Å². The Morgan fingerprint density at radius 1 is 1.27 bits per heavy atom. The topological polar surface area (TPSA) is 32.3 Å². The molecule has 1 saturated heterocycles. The lowest BCUT2D eigenvalue weighted by Crippen LogP contribution is -2.50. The maximum absolute atomic E-state index is 11.9. The first kappa shape index (κ1) is 10.9. The minimum atomic E-state index is -0.0928. The number of carbonyl (C=O) groups excluding carboxylic acids is 1. The molecule has 3 heteroatoms. The van der Waals surface area contributed by atoms with E-state index in [4.69, 9.17) is 0 Å². The molecule has 0 radical (unpaired) electrons. The van der Waals surface area contributed by atoms with Crippen molar-refractivity contribution in [2.24, 2.45) is 5.92 Å². The molecule has 1 aliphatic carbocycles. The molecule has 3 nitrogen and oxygen atoms in total. The standard InChI is InChI=1S/C12H22N2O/c1-12(2,3)14-11(15)8-10(13-14)9-6-4-5-7-9/h9-10,13H,4-8H2,1-3H3. The Morgan fingerprint density at radius 3 is 2.33 bits per heavy atom. The van der Waals surface area contributed by atoms with Crippen molar-refractivity contribution < 1.29 is 4.79 Å². The van der Waals surface area contributed by atoms with Crippen LogP contribution in [0.2, 0.25) is 0 Å². The van der Waals surface area contributed by atoms with E-state index < -0.39 is 0 Å². The van der Waals surface area contributed by atoms with Gasteiger partial charge in [0.1, 0.15) is 0 Å². The molecule has 1 amide bonds. The van der Waals surface area contributed by atoms with Gasteiger partial charge in [0.25, 0.3) is 0 Å². The molecule has 86 valence electrons. The van der Waals surface area contributed by atoms with Crippen molar-refractivity contribution in [3.05, 3.63) is 0 Å². The molecule has 1 atom stereocenters. The number of hydrogen-bond acceptors (Lipinski definition) is 2. The van der Waals surface area contributed by atoms with Crippen LogP contribution in [0, 0.1) is 5.92 Å². The quantitative estimate of drug-likeness (QED) is 0.718. The van der Waals surface area contributed by atoms with Crippen LogP contribution in [0.3, 0.4) is 0 Å². The van der Waals surface area contributed by atoms with Gasteiger partial charge in [0.2, 0.25) is 5.91 Å². The van der Waals surface area contributed by atoms with Crippen LogP contribution in [-0.2, 0) is 4.79 Å². The molecule has 1 heterocycles. The maximum atomic E-state index is 11.9. The molecule has 2 aliphatic rings. The fourth-order valence-corrected chi connectivity index (χ4v) is 2.76. The maximum Gasteiger partial charge on any atom is 0.238 e. The number of hydrogen-bond donors (Lipinski definition) is 1. The first-order valence-corrected chi connectivity index (χ1v) is 6.08. The van der Waals surface area contributed by atoms with E-state index in [1.165, 1.54) is 25.7 Å². The van der Waals surface area contributed by atoms with Gasteiger partial charge >= 0.3 is 0 Å². The molecular formula is C12H22N2O. The van der Waals surface area contributed by atoms with Crippen molar-refractivity contribution in [1.82, 2.24) is 10.4 Å². The Kier molecular flexibility index (Phi) is 2.75. The summed E-state index contributed by atoms with van der Waals surface area (Å²) < 4.78 is 0. The molecule has 0 aromatic carbocycles. The van der Waals surface area contributed by atoms with E-state index in [-0.39, 0.29) is 11.4 Å². The number of nitrogens with one attached hydrogen (secondary N) is 1. The van der Waals surface area contributed by atoms with Gasteiger partial charge in [-0.05, 0) is 39.5 Å². The van der Waals surface area contributed by atoms with Gasteiger partial charge in [-0.2, -0.15) is 0 Å². The summed E-state index contributed by atoms with van der Waals surface area (Å²) in [6, 6.07) is 0.402. The highest BCUT2D eigenvalue weighted by molar-refractivity contribution is 5.79. The molecule has 0 spiro atoms. The second kappa shape index (κ2) is 3.78. The molecule has 0 aromatic rings. The van der Waals surface area contributed by atoms with Gasteiger partial charge < -0.3 is 0 Å². The van der Waals surface area contributed by atoms with E-state index in [0.717, 1.165) is 5.92 Å². The summed E-state index contributed by atoms with van der Waals surface area (Å²) in [6.07, 6.45) is 5.97. The number of amides is 1. The lowest BCUT2D eigenvalue weighted by Gasteiger charge is -2.32. The minimum Gasteiger partial charge on any atom is -0.273 e. The zero-order valence-electron chi connectivity index (χ0n) is 10.0. The van der Waals surface area contributed by atoms with Crippen LogP contribution in [-0.4, -0.2) is 22.5 Å². The first-order chi connectivity index (χ1) is 6.98. The Labute approximate surface area is 92.2 Å². The fraction of sp³-hybridized carbons (Fsp3) is 0.917. The third kappa shape index (κ3) is 2.17. The van der Waals surface area contributed by atoms with Crippen LogP contribution in [0.25, 0.3) is 0 Å². The third-order valence-corrected chi connectivity index (χ3v) is 3.58. The van der Waals surface area contributed by atoms with Gasteiger partial charge in [0.15, 0.2) is 0 Å². The Bertz CT molecular complexity index is 251. The second-order valence-corrected chi connectivity index (χ2v) is 5.88. The summed E-state index contributed by atoms with van der Waals surface area (Å²) in [4.78, 5) is 11.9. The predicted molar refractivity (Wildman–Crippen MR) is 60.1 cm³/mol. The van der Waals surface area contributed by atoms with Gasteiger partial charge in [-0.25, -0.2) is 5.43 Å². The van der Waals surface area contributed by atoms with Gasteiger partial charge in [-0.15, -0.1) is 0 Å². The number of rotatable bonds is 1. The normalized spacial score (nSPS) is 29.1. The van der Waals surface area contributed by atoms with E-state index in [9.17, 15) is 4.79 Å². The lowest BCUT2D eigenvalue weighted by molar-refractivity contribution is -0.134. The minimum absolute atomic E-state index is 0.0928. The van der Waals surface area contributed by atoms with Crippen molar-refractivity contribution in [1.29, 1.82) is 0 Å². The highest BCUT2D eigenvalue weighted by Crippen LogP contribution is 2.32. The molecular weight excluding hydrogens is 188 g/mol. The van der Waals surface area contributed by atoms with E-state index in [0.29, 0.717) is 12.5 Å². The lowest BCUT2D eigenvalue weighted by atomic mass is 9.97. The summed E-state index contributed by atoms with van der Waals surface area (Å²) in [6.45, 7) is 6.23. The molecule has 1 saturated carbocycles. The van der Waals surface area contributed by atoms with Gasteiger partial charge in [-0.1, -0.05) is 12.8 Å². The number of hydrazine groups is 1. The molecule has 2 rings (SSSR count). The molecule has 0 aromatic heterocycles. The summed E-state index contributed by atoms with van der Waals surface area (Å²) in [5.41, 5.74) is 3.31. The van der Waals surface area contributed by atoms with Crippen molar-refractivity contribution in [3.8, 4) is 0 Å². The second-order valence-electron chi connectivity index (χ2n) is 5.88. The third-order valence-electron chi connectivity index (χ3n) is 3.58. The van der Waals surface area contributed by atoms with Crippen LogP contribution in [0.1, 0.15) is 52.9 Å². The van der Waals surface area contributed by atoms with E-state index >= 15 is 0 Å². The average molecular weight is 210 g/mol. The van der Waals surface area contributed by atoms with E-state index in [1.54, 1.807) is 0 Å². The number of nitrogens with zero attached hydrogens (tertiary/aromatic N) is 1. The summed E-state index contributed by atoms with van der Waals surface area (Å²) in [5, 5.41) is 1.83. The zero-order valence-corrected chi connectivity index (χ0v) is 10.0.